The van der Waals surface area contributed by atoms with Crippen LogP contribution in [0.25, 0.3) is 0 Å². The van der Waals surface area contributed by atoms with Crippen molar-refractivity contribution in [1.29, 1.82) is 0 Å². The zero-order valence-corrected chi connectivity index (χ0v) is 13.0. The Kier molecular flexibility index (Phi) is 4.14. The third-order valence-electron chi connectivity index (χ3n) is 5.00. The summed E-state index contributed by atoms with van der Waals surface area (Å²) in [6.07, 6.45) is 1.89. The summed E-state index contributed by atoms with van der Waals surface area (Å²) in [7, 11) is 0. The molecule has 4 aliphatic carbocycles. The number of rotatable bonds is 6. The summed E-state index contributed by atoms with van der Waals surface area (Å²) in [4.78, 5) is 12.4. The molecule has 10 heteroatoms. The van der Waals surface area contributed by atoms with Crippen LogP contribution in [0.3, 0.4) is 0 Å². The fourth-order valence-electron chi connectivity index (χ4n) is 4.96. The van der Waals surface area contributed by atoms with Gasteiger partial charge in [0.1, 0.15) is 12.0 Å². The van der Waals surface area contributed by atoms with E-state index >= 15 is 0 Å². The largest absolute Gasteiger partial charge is 0.458 e. The monoisotopic (exact) mass is 356 g/mol. The minimum atomic E-state index is -3.60. The molecule has 3 N–H and O–H groups in total. The minimum absolute atomic E-state index is 0.0187. The highest BCUT2D eigenvalue weighted by Gasteiger charge is 2.66. The van der Waals surface area contributed by atoms with E-state index in [0.717, 1.165) is 0 Å². The Morgan fingerprint density at radius 1 is 1.17 bits per heavy atom. The summed E-state index contributed by atoms with van der Waals surface area (Å²) in [6.45, 7) is -1.26. The van der Waals surface area contributed by atoms with Crippen molar-refractivity contribution in [1.82, 2.24) is 0 Å². The molecule has 4 bridgehead atoms. The Labute approximate surface area is 135 Å². The SMILES string of the molecule is O=C(OCC(F)(F)SOOO)C12CC3CC(O)(CC(O)(C3)C1)C2. The molecule has 0 aromatic heterocycles. The van der Waals surface area contributed by atoms with Crippen LogP contribution in [-0.4, -0.2) is 44.5 Å². The molecule has 4 saturated carbocycles. The number of hydrogen-bond donors (Lipinski definition) is 3. The molecule has 2 unspecified atom stereocenters. The smallest absolute Gasteiger partial charge is 0.354 e. The second-order valence-electron chi connectivity index (χ2n) is 7.18. The summed E-state index contributed by atoms with van der Waals surface area (Å²) in [6, 6.07) is 0. The van der Waals surface area contributed by atoms with Crippen molar-refractivity contribution < 1.29 is 43.2 Å². The number of hydrogen-bond acceptors (Lipinski definition) is 8. The topological polar surface area (TPSA) is 105 Å². The van der Waals surface area contributed by atoms with Gasteiger partial charge in [-0.15, -0.1) is 4.33 Å². The van der Waals surface area contributed by atoms with Gasteiger partial charge in [0.2, 0.25) is 0 Å². The van der Waals surface area contributed by atoms with Crippen LogP contribution in [0.4, 0.5) is 8.78 Å². The summed E-state index contributed by atoms with van der Waals surface area (Å²) in [5.41, 5.74) is -3.41. The lowest BCUT2D eigenvalue weighted by molar-refractivity contribution is -0.433. The standard InChI is InChI=1S/C13H18F2O7S/c14-13(15,23-22-21-19)7-20-9(16)10-1-8-2-11(17,4-10)6-12(18,3-8)5-10/h8,17-19H,1-7H2. The second kappa shape index (κ2) is 5.50. The molecule has 0 heterocycles. The number of carbonyl (C=O) groups excluding carboxylic acids is 1. The van der Waals surface area contributed by atoms with E-state index in [1.54, 1.807) is 0 Å². The van der Waals surface area contributed by atoms with Crippen molar-refractivity contribution in [2.45, 2.75) is 55.0 Å². The quantitative estimate of drug-likeness (QED) is 0.285. The van der Waals surface area contributed by atoms with E-state index < -0.39 is 46.5 Å². The molecule has 2 atom stereocenters. The third-order valence-corrected chi connectivity index (χ3v) is 5.49. The van der Waals surface area contributed by atoms with Crippen molar-refractivity contribution in [3.63, 3.8) is 0 Å². The second-order valence-corrected chi connectivity index (χ2v) is 8.08. The molecule has 4 aliphatic rings. The van der Waals surface area contributed by atoms with E-state index in [9.17, 15) is 23.8 Å². The van der Waals surface area contributed by atoms with Crippen LogP contribution < -0.4 is 0 Å². The molecule has 7 nitrogen and oxygen atoms in total. The maximum atomic E-state index is 13.4. The number of esters is 1. The van der Waals surface area contributed by atoms with Crippen LogP contribution in [0, 0.1) is 11.3 Å². The van der Waals surface area contributed by atoms with E-state index in [4.69, 9.17) is 9.99 Å². The first kappa shape index (κ1) is 17.3. The summed E-state index contributed by atoms with van der Waals surface area (Å²) in [5.74, 6) is -0.863. The van der Waals surface area contributed by atoms with E-state index in [1.807, 2.05) is 0 Å². The Morgan fingerprint density at radius 2 is 1.78 bits per heavy atom. The number of carbonyl (C=O) groups is 1. The van der Waals surface area contributed by atoms with Crippen molar-refractivity contribution in [3.8, 4) is 0 Å². The molecule has 0 aromatic carbocycles. The summed E-state index contributed by atoms with van der Waals surface area (Å²) >= 11 is -0.485. The van der Waals surface area contributed by atoms with Gasteiger partial charge in [0, 0.05) is 6.42 Å². The number of alkyl halides is 2. The highest BCUT2D eigenvalue weighted by atomic mass is 32.2. The van der Waals surface area contributed by atoms with Gasteiger partial charge < -0.3 is 14.9 Å². The summed E-state index contributed by atoms with van der Waals surface area (Å²) < 4.78 is 35.1. The molecule has 4 rings (SSSR count). The molecular weight excluding hydrogens is 338 g/mol. The van der Waals surface area contributed by atoms with Gasteiger partial charge in [0.05, 0.1) is 16.6 Å². The lowest BCUT2D eigenvalue weighted by Gasteiger charge is -2.61. The fourth-order valence-corrected chi connectivity index (χ4v) is 5.19. The molecule has 0 saturated heterocycles. The van der Waals surface area contributed by atoms with E-state index in [2.05, 4.69) is 9.37 Å². The Hall–Kier alpha value is -0.520. The molecule has 0 spiro atoms. The van der Waals surface area contributed by atoms with Gasteiger partial charge in [-0.1, -0.05) is 5.04 Å². The maximum absolute atomic E-state index is 13.4. The highest BCUT2D eigenvalue weighted by molar-refractivity contribution is 7.95. The number of ether oxygens (including phenoxy) is 1. The molecule has 23 heavy (non-hydrogen) atoms. The van der Waals surface area contributed by atoms with Gasteiger partial charge in [-0.2, -0.15) is 8.78 Å². The van der Waals surface area contributed by atoms with Gasteiger partial charge in [0.15, 0.2) is 6.61 Å². The van der Waals surface area contributed by atoms with E-state index in [0.29, 0.717) is 19.3 Å². The van der Waals surface area contributed by atoms with Crippen LogP contribution in [-0.2, 0) is 18.9 Å². The van der Waals surface area contributed by atoms with Crippen LogP contribution in [0.1, 0.15) is 38.5 Å². The first-order valence-electron chi connectivity index (χ1n) is 7.25. The molecule has 4 fully saturated rings. The van der Waals surface area contributed by atoms with Gasteiger partial charge >= 0.3 is 11.2 Å². The molecule has 0 radical (unpaired) electrons. The van der Waals surface area contributed by atoms with Gasteiger partial charge in [-0.25, -0.2) is 5.26 Å². The predicted molar refractivity (Wildman–Crippen MR) is 71.8 cm³/mol. The highest BCUT2D eigenvalue weighted by Crippen LogP contribution is 2.63. The van der Waals surface area contributed by atoms with Crippen LogP contribution in [0.2, 0.25) is 0 Å². The predicted octanol–water partition coefficient (Wildman–Crippen LogP) is 1.64. The van der Waals surface area contributed by atoms with Gasteiger partial charge in [0.25, 0.3) is 0 Å². The Morgan fingerprint density at radius 3 is 2.30 bits per heavy atom. The number of halogens is 2. The summed E-state index contributed by atoms with van der Waals surface area (Å²) in [5, 5.41) is 28.4. The van der Waals surface area contributed by atoms with Crippen LogP contribution in [0.15, 0.2) is 0 Å². The first-order valence-corrected chi connectivity index (χ1v) is 7.99. The normalized spacial score (nSPS) is 42.0. The third kappa shape index (κ3) is 3.33. The minimum Gasteiger partial charge on any atom is -0.458 e. The average molecular weight is 356 g/mol. The lowest BCUT2D eigenvalue weighted by atomic mass is 9.46. The molecule has 0 amide bonds. The van der Waals surface area contributed by atoms with Crippen LogP contribution >= 0.6 is 12.0 Å². The lowest BCUT2D eigenvalue weighted by Crippen LogP contribution is -2.65. The molecule has 0 aliphatic heterocycles. The Balaban J connectivity index is 1.68. The number of aliphatic hydroxyl groups is 2. The van der Waals surface area contributed by atoms with Crippen molar-refractivity contribution in [3.05, 3.63) is 0 Å². The average Bonchev–Trinajstić information content (AvgIpc) is 2.38. The van der Waals surface area contributed by atoms with E-state index in [1.165, 1.54) is 0 Å². The van der Waals surface area contributed by atoms with Crippen molar-refractivity contribution in [2.75, 3.05) is 6.61 Å². The zero-order valence-electron chi connectivity index (χ0n) is 12.2. The van der Waals surface area contributed by atoms with Crippen molar-refractivity contribution in [2.24, 2.45) is 11.3 Å². The van der Waals surface area contributed by atoms with Gasteiger partial charge in [-0.3, -0.25) is 4.79 Å². The van der Waals surface area contributed by atoms with E-state index in [-0.39, 0.29) is 25.2 Å². The zero-order chi connectivity index (χ0) is 16.9. The van der Waals surface area contributed by atoms with Crippen LogP contribution in [0.5, 0.6) is 0 Å². The molecule has 132 valence electrons. The Bertz CT molecular complexity index is 485. The maximum Gasteiger partial charge on any atom is 0.354 e. The fraction of sp³-hybridized carbons (Fsp3) is 0.923. The van der Waals surface area contributed by atoms with Gasteiger partial charge in [-0.05, 0) is 38.0 Å². The van der Waals surface area contributed by atoms with Crippen molar-refractivity contribution >= 4 is 18.0 Å². The molecular formula is C13H18F2O7S. The molecule has 0 aromatic rings. The first-order chi connectivity index (χ1) is 10.6.